The number of benzene rings is 1. The molecule has 5 N–H and O–H groups in total. The standard InChI is InChI=1S/C13H16N4O4/c1-7-3-4-9(10-8(7)5-15-17-10)16-12(20)14-6-13(2,21)11(18)19/h3-5,21H,6H2,1-2H3,(H,15,17)(H,18,19)(H2,14,16,20). The molecule has 0 fully saturated rings. The maximum atomic E-state index is 11.8. The average molecular weight is 292 g/mol. The van der Waals surface area contributed by atoms with E-state index in [0.717, 1.165) is 17.9 Å². The first-order chi connectivity index (χ1) is 9.81. The molecule has 1 aromatic heterocycles. The Labute approximate surface area is 120 Å². The summed E-state index contributed by atoms with van der Waals surface area (Å²) in [6.07, 6.45) is 1.66. The zero-order valence-corrected chi connectivity index (χ0v) is 11.6. The van der Waals surface area contributed by atoms with E-state index in [1.165, 1.54) is 0 Å². The van der Waals surface area contributed by atoms with Gasteiger partial charge in [-0.1, -0.05) is 6.07 Å². The lowest BCUT2D eigenvalue weighted by Crippen LogP contribution is -2.47. The van der Waals surface area contributed by atoms with Crippen LogP contribution >= 0.6 is 0 Å². The molecule has 8 heteroatoms. The molecule has 0 saturated heterocycles. The molecule has 2 aromatic rings. The molecule has 0 aliphatic rings. The largest absolute Gasteiger partial charge is 0.479 e. The van der Waals surface area contributed by atoms with E-state index in [4.69, 9.17) is 5.11 Å². The molecule has 8 nitrogen and oxygen atoms in total. The lowest BCUT2D eigenvalue weighted by molar-refractivity contribution is -0.155. The van der Waals surface area contributed by atoms with E-state index in [1.54, 1.807) is 12.3 Å². The third-order valence-corrected chi connectivity index (χ3v) is 3.14. The number of carbonyl (C=O) groups is 2. The second-order valence-electron chi connectivity index (χ2n) is 4.98. The van der Waals surface area contributed by atoms with Crippen molar-refractivity contribution in [1.29, 1.82) is 0 Å². The number of anilines is 1. The van der Waals surface area contributed by atoms with Gasteiger partial charge < -0.3 is 20.8 Å². The number of aryl methyl sites for hydroxylation is 1. The lowest BCUT2D eigenvalue weighted by Gasteiger charge is -2.18. The zero-order valence-electron chi connectivity index (χ0n) is 11.6. The van der Waals surface area contributed by atoms with Gasteiger partial charge in [0.15, 0.2) is 5.60 Å². The number of aromatic nitrogens is 2. The molecule has 0 aliphatic heterocycles. The van der Waals surface area contributed by atoms with Crippen molar-refractivity contribution in [2.45, 2.75) is 19.4 Å². The third-order valence-electron chi connectivity index (χ3n) is 3.14. The number of nitrogens with one attached hydrogen (secondary N) is 3. The SMILES string of the molecule is Cc1ccc(NC(=O)NCC(C)(O)C(=O)O)c2[nH]ncc12. The quantitative estimate of drug-likeness (QED) is 0.570. The van der Waals surface area contributed by atoms with Crippen LogP contribution < -0.4 is 10.6 Å². The summed E-state index contributed by atoms with van der Waals surface area (Å²) in [5.74, 6) is -1.41. The first-order valence-electron chi connectivity index (χ1n) is 6.24. The minimum atomic E-state index is -2.02. The molecule has 1 aromatic carbocycles. The smallest absolute Gasteiger partial charge is 0.337 e. The van der Waals surface area contributed by atoms with E-state index in [9.17, 15) is 14.7 Å². The van der Waals surface area contributed by atoms with Gasteiger partial charge in [0.25, 0.3) is 0 Å². The van der Waals surface area contributed by atoms with Gasteiger partial charge in [0, 0.05) is 5.39 Å². The molecule has 2 amide bonds. The summed E-state index contributed by atoms with van der Waals surface area (Å²) in [7, 11) is 0. The van der Waals surface area contributed by atoms with Crippen LogP contribution in [0.3, 0.4) is 0 Å². The predicted molar refractivity (Wildman–Crippen MR) is 76.1 cm³/mol. The number of hydrogen-bond donors (Lipinski definition) is 5. The van der Waals surface area contributed by atoms with Crippen LogP contribution in [0.15, 0.2) is 18.3 Å². The second kappa shape index (κ2) is 5.41. The number of urea groups is 1. The Morgan fingerprint density at radius 3 is 2.81 bits per heavy atom. The number of H-pyrrole nitrogens is 1. The summed E-state index contributed by atoms with van der Waals surface area (Å²) in [6.45, 7) is 2.62. The van der Waals surface area contributed by atoms with Crippen LogP contribution in [0.4, 0.5) is 10.5 Å². The predicted octanol–water partition coefficient (Wildman–Crippen LogP) is 0.828. The monoisotopic (exact) mass is 292 g/mol. The van der Waals surface area contributed by atoms with E-state index >= 15 is 0 Å². The summed E-state index contributed by atoms with van der Waals surface area (Å²) < 4.78 is 0. The molecule has 1 heterocycles. The normalized spacial score (nSPS) is 13.7. The van der Waals surface area contributed by atoms with Crippen molar-refractivity contribution < 1.29 is 19.8 Å². The highest BCUT2D eigenvalue weighted by Gasteiger charge is 2.30. The van der Waals surface area contributed by atoms with Crippen LogP contribution in [0.5, 0.6) is 0 Å². The van der Waals surface area contributed by atoms with Gasteiger partial charge in [-0.15, -0.1) is 0 Å². The number of aromatic amines is 1. The van der Waals surface area contributed by atoms with Crippen molar-refractivity contribution in [3.05, 3.63) is 23.9 Å². The van der Waals surface area contributed by atoms with Gasteiger partial charge in [-0.25, -0.2) is 9.59 Å². The minimum Gasteiger partial charge on any atom is -0.479 e. The van der Waals surface area contributed by atoms with Gasteiger partial charge in [0.05, 0.1) is 23.9 Å². The Balaban J connectivity index is 2.07. The van der Waals surface area contributed by atoms with Gasteiger partial charge >= 0.3 is 12.0 Å². The van der Waals surface area contributed by atoms with Gasteiger partial charge in [0.1, 0.15) is 0 Å². The van der Waals surface area contributed by atoms with Crippen molar-refractivity contribution in [1.82, 2.24) is 15.5 Å². The fourth-order valence-corrected chi connectivity index (χ4v) is 1.77. The number of carbonyl (C=O) groups excluding carboxylic acids is 1. The second-order valence-corrected chi connectivity index (χ2v) is 4.98. The third kappa shape index (κ3) is 3.11. The molecule has 0 spiro atoms. The zero-order chi connectivity index (χ0) is 15.6. The first kappa shape index (κ1) is 14.8. The summed E-state index contributed by atoms with van der Waals surface area (Å²) >= 11 is 0. The van der Waals surface area contributed by atoms with E-state index < -0.39 is 24.1 Å². The van der Waals surface area contributed by atoms with E-state index in [1.807, 2.05) is 13.0 Å². The van der Waals surface area contributed by atoms with E-state index in [-0.39, 0.29) is 0 Å². The molecular weight excluding hydrogens is 276 g/mol. The highest BCUT2D eigenvalue weighted by atomic mass is 16.4. The molecule has 0 saturated carbocycles. The molecule has 1 atom stereocenters. The molecule has 1 unspecified atom stereocenters. The number of rotatable bonds is 4. The van der Waals surface area contributed by atoms with E-state index in [2.05, 4.69) is 20.8 Å². The molecular formula is C13H16N4O4. The Morgan fingerprint density at radius 2 is 2.14 bits per heavy atom. The highest BCUT2D eigenvalue weighted by Crippen LogP contribution is 2.23. The molecule has 2 rings (SSSR count). The van der Waals surface area contributed by atoms with Crippen molar-refractivity contribution in [2.24, 2.45) is 0 Å². The topological polar surface area (TPSA) is 127 Å². The fraction of sp³-hybridized carbons (Fsp3) is 0.308. The van der Waals surface area contributed by atoms with Crippen LogP contribution in [0.2, 0.25) is 0 Å². The molecule has 112 valence electrons. The van der Waals surface area contributed by atoms with Crippen molar-refractivity contribution in [2.75, 3.05) is 11.9 Å². The number of carboxylic acids is 1. The average Bonchev–Trinajstić information content (AvgIpc) is 2.90. The number of fused-ring (bicyclic) bond motifs is 1. The van der Waals surface area contributed by atoms with Gasteiger partial charge in [-0.3, -0.25) is 5.10 Å². The summed E-state index contributed by atoms with van der Waals surface area (Å²) in [5, 5.41) is 30.8. The highest BCUT2D eigenvalue weighted by molar-refractivity contribution is 6.00. The van der Waals surface area contributed by atoms with Crippen molar-refractivity contribution in [3.8, 4) is 0 Å². The number of nitrogens with zero attached hydrogens (tertiary/aromatic N) is 1. The molecule has 0 bridgehead atoms. The minimum absolute atomic E-state index is 0.411. The Hall–Kier alpha value is -2.61. The number of aliphatic hydroxyl groups is 1. The van der Waals surface area contributed by atoms with Crippen LogP contribution in [0.1, 0.15) is 12.5 Å². The van der Waals surface area contributed by atoms with Gasteiger partial charge in [-0.2, -0.15) is 5.10 Å². The van der Waals surface area contributed by atoms with Crippen LogP contribution in [0, 0.1) is 6.92 Å². The maximum Gasteiger partial charge on any atom is 0.337 e. The van der Waals surface area contributed by atoms with Crippen LogP contribution in [0.25, 0.3) is 10.9 Å². The van der Waals surface area contributed by atoms with Crippen LogP contribution in [-0.4, -0.2) is 44.6 Å². The Morgan fingerprint density at radius 1 is 1.43 bits per heavy atom. The van der Waals surface area contributed by atoms with E-state index in [0.29, 0.717) is 11.2 Å². The van der Waals surface area contributed by atoms with Crippen LogP contribution in [-0.2, 0) is 4.79 Å². The van der Waals surface area contributed by atoms with Crippen molar-refractivity contribution >= 4 is 28.6 Å². The number of carboxylic acid groups (broad SMARTS) is 1. The van der Waals surface area contributed by atoms with Crippen molar-refractivity contribution in [3.63, 3.8) is 0 Å². The number of hydrogen-bond acceptors (Lipinski definition) is 4. The fourth-order valence-electron chi connectivity index (χ4n) is 1.77. The molecule has 21 heavy (non-hydrogen) atoms. The Kier molecular flexibility index (Phi) is 3.81. The van der Waals surface area contributed by atoms with Gasteiger partial charge in [0.2, 0.25) is 0 Å². The maximum absolute atomic E-state index is 11.8. The summed E-state index contributed by atoms with van der Waals surface area (Å²) in [5.41, 5.74) is 0.183. The first-order valence-corrected chi connectivity index (χ1v) is 6.24. The molecule has 0 aliphatic carbocycles. The molecule has 0 radical (unpaired) electrons. The Bertz CT molecular complexity index is 693. The van der Waals surface area contributed by atoms with Gasteiger partial charge in [-0.05, 0) is 25.5 Å². The summed E-state index contributed by atoms with van der Waals surface area (Å²) in [4.78, 5) is 22.5. The number of amides is 2. The number of aliphatic carboxylic acids is 1. The lowest BCUT2D eigenvalue weighted by atomic mass is 10.1. The summed E-state index contributed by atoms with van der Waals surface area (Å²) in [6, 6.07) is 2.93.